The normalized spacial score (nSPS) is 10.9. The number of fused-ring (bicyclic) bond motifs is 1. The fourth-order valence-corrected chi connectivity index (χ4v) is 3.57. The molecule has 23 heavy (non-hydrogen) atoms. The summed E-state index contributed by atoms with van der Waals surface area (Å²) in [7, 11) is 0. The zero-order chi connectivity index (χ0) is 16.4. The molecule has 1 N–H and O–H groups in total. The zero-order valence-electron chi connectivity index (χ0n) is 12.2. The second-order valence-corrected chi connectivity index (χ2v) is 7.75. The molecule has 0 unspecified atom stereocenters. The molecule has 0 bridgehead atoms. The summed E-state index contributed by atoms with van der Waals surface area (Å²) in [5.41, 5.74) is 4.45. The molecule has 0 saturated carbocycles. The van der Waals surface area contributed by atoms with E-state index in [2.05, 4.69) is 39.9 Å². The molecule has 0 aliphatic heterocycles. The molecule has 0 aliphatic rings. The standard InChI is InChI=1S/C16H13ClIN3OS/c1-2-23-15-6-3-10(17)7-14(15)20-21-9-19-13-5-4-11(18)8-12(13)16(21)22/h3-9,20H,2H2,1H3. The summed E-state index contributed by atoms with van der Waals surface area (Å²) in [5, 5.41) is 1.20. The van der Waals surface area contributed by atoms with E-state index in [0.717, 1.165) is 19.9 Å². The van der Waals surface area contributed by atoms with Crippen LogP contribution in [0.2, 0.25) is 5.02 Å². The Balaban J connectivity index is 2.07. The molecule has 4 nitrogen and oxygen atoms in total. The molecule has 0 radical (unpaired) electrons. The number of nitrogens with one attached hydrogen (secondary N) is 1. The highest BCUT2D eigenvalue weighted by atomic mass is 127. The van der Waals surface area contributed by atoms with Crippen molar-refractivity contribution in [2.45, 2.75) is 11.8 Å². The summed E-state index contributed by atoms with van der Waals surface area (Å²) < 4.78 is 2.39. The second kappa shape index (κ2) is 7.11. The van der Waals surface area contributed by atoms with Gasteiger partial charge >= 0.3 is 0 Å². The van der Waals surface area contributed by atoms with Crippen LogP contribution >= 0.6 is 46.0 Å². The molecule has 0 amide bonds. The summed E-state index contributed by atoms with van der Waals surface area (Å²) in [4.78, 5) is 18.0. The third-order valence-electron chi connectivity index (χ3n) is 3.20. The lowest BCUT2D eigenvalue weighted by atomic mass is 10.2. The SMILES string of the molecule is CCSc1ccc(Cl)cc1Nn1cnc2ccc(I)cc2c1=O. The summed E-state index contributed by atoms with van der Waals surface area (Å²) >= 11 is 9.95. The van der Waals surface area contributed by atoms with Crippen LogP contribution in [0.25, 0.3) is 10.9 Å². The minimum Gasteiger partial charge on any atom is -0.289 e. The first kappa shape index (κ1) is 16.6. The maximum atomic E-state index is 12.7. The van der Waals surface area contributed by atoms with Gasteiger partial charge in [0.05, 0.1) is 16.6 Å². The number of nitrogens with zero attached hydrogens (tertiary/aromatic N) is 2. The van der Waals surface area contributed by atoms with E-state index in [1.807, 2.05) is 36.4 Å². The van der Waals surface area contributed by atoms with Gasteiger partial charge in [-0.25, -0.2) is 9.66 Å². The van der Waals surface area contributed by atoms with Crippen LogP contribution in [0.5, 0.6) is 0 Å². The van der Waals surface area contributed by atoms with Gasteiger partial charge in [-0.15, -0.1) is 11.8 Å². The van der Waals surface area contributed by atoms with Crippen LogP contribution in [0.1, 0.15) is 6.92 Å². The van der Waals surface area contributed by atoms with Gasteiger partial charge in [-0.2, -0.15) is 0 Å². The number of anilines is 1. The van der Waals surface area contributed by atoms with E-state index in [-0.39, 0.29) is 5.56 Å². The molecular formula is C16H13ClIN3OS. The van der Waals surface area contributed by atoms with Crippen LogP contribution in [0.4, 0.5) is 5.69 Å². The molecule has 0 spiro atoms. The van der Waals surface area contributed by atoms with Crippen LogP contribution < -0.4 is 11.0 Å². The van der Waals surface area contributed by atoms with Crippen LogP contribution in [0, 0.1) is 3.57 Å². The third kappa shape index (κ3) is 3.64. The molecule has 0 fully saturated rings. The van der Waals surface area contributed by atoms with Crippen molar-refractivity contribution in [3.63, 3.8) is 0 Å². The van der Waals surface area contributed by atoms with Crippen LogP contribution in [0.15, 0.2) is 52.4 Å². The summed E-state index contributed by atoms with van der Waals surface area (Å²) in [6.45, 7) is 2.08. The van der Waals surface area contributed by atoms with Crippen molar-refractivity contribution in [2.75, 3.05) is 11.2 Å². The van der Waals surface area contributed by atoms with Gasteiger partial charge in [-0.05, 0) is 64.7 Å². The van der Waals surface area contributed by atoms with Gasteiger partial charge in [-0.1, -0.05) is 18.5 Å². The van der Waals surface area contributed by atoms with E-state index in [9.17, 15) is 4.79 Å². The average Bonchev–Trinajstić information content (AvgIpc) is 2.53. The van der Waals surface area contributed by atoms with Gasteiger partial charge in [0.15, 0.2) is 0 Å². The highest BCUT2D eigenvalue weighted by Gasteiger charge is 2.08. The van der Waals surface area contributed by atoms with Crippen molar-refractivity contribution in [1.29, 1.82) is 0 Å². The predicted octanol–water partition coefficient (Wildman–Crippen LogP) is 4.64. The summed E-state index contributed by atoms with van der Waals surface area (Å²) in [6, 6.07) is 11.2. The van der Waals surface area contributed by atoms with Crippen LogP contribution in [-0.4, -0.2) is 15.4 Å². The Hall–Kier alpha value is -1.25. The van der Waals surface area contributed by atoms with E-state index >= 15 is 0 Å². The van der Waals surface area contributed by atoms with Crippen molar-refractivity contribution in [3.8, 4) is 0 Å². The van der Waals surface area contributed by atoms with E-state index in [0.29, 0.717) is 15.9 Å². The lowest BCUT2D eigenvalue weighted by Gasteiger charge is -2.13. The Labute approximate surface area is 156 Å². The highest BCUT2D eigenvalue weighted by Crippen LogP contribution is 2.29. The Morgan fingerprint density at radius 2 is 2.13 bits per heavy atom. The minimum atomic E-state index is -0.138. The molecular weight excluding hydrogens is 445 g/mol. The zero-order valence-corrected chi connectivity index (χ0v) is 15.9. The first-order valence-electron chi connectivity index (χ1n) is 6.95. The predicted molar refractivity (Wildman–Crippen MR) is 106 cm³/mol. The molecule has 2 aromatic carbocycles. The maximum Gasteiger partial charge on any atom is 0.280 e. The molecule has 1 aromatic heterocycles. The highest BCUT2D eigenvalue weighted by molar-refractivity contribution is 14.1. The number of halogens is 2. The number of benzene rings is 2. The van der Waals surface area contributed by atoms with Crippen LogP contribution in [-0.2, 0) is 0 Å². The summed E-state index contributed by atoms with van der Waals surface area (Å²) in [6.07, 6.45) is 1.50. The third-order valence-corrected chi connectivity index (χ3v) is 5.06. The van der Waals surface area contributed by atoms with Crippen molar-refractivity contribution < 1.29 is 0 Å². The molecule has 118 valence electrons. The Kier molecular flexibility index (Phi) is 5.13. The van der Waals surface area contributed by atoms with E-state index in [4.69, 9.17) is 11.6 Å². The topological polar surface area (TPSA) is 46.9 Å². The van der Waals surface area contributed by atoms with Gasteiger partial charge in [0, 0.05) is 13.5 Å². The average molecular weight is 458 g/mol. The fourth-order valence-electron chi connectivity index (χ4n) is 2.17. The number of hydrogen-bond acceptors (Lipinski definition) is 4. The minimum absolute atomic E-state index is 0.138. The van der Waals surface area contributed by atoms with Gasteiger partial charge in [0.25, 0.3) is 5.56 Å². The van der Waals surface area contributed by atoms with E-state index < -0.39 is 0 Å². The van der Waals surface area contributed by atoms with Gasteiger partial charge < -0.3 is 0 Å². The maximum absolute atomic E-state index is 12.7. The first-order chi connectivity index (χ1) is 11.1. The molecule has 3 aromatic rings. The van der Waals surface area contributed by atoms with Crippen molar-refractivity contribution >= 4 is 62.5 Å². The molecule has 0 atom stereocenters. The number of aromatic nitrogens is 2. The van der Waals surface area contributed by atoms with Crippen molar-refractivity contribution in [2.24, 2.45) is 0 Å². The molecule has 0 saturated heterocycles. The molecule has 1 heterocycles. The lowest BCUT2D eigenvalue weighted by Crippen LogP contribution is -2.26. The Morgan fingerprint density at radius 1 is 1.30 bits per heavy atom. The first-order valence-corrected chi connectivity index (χ1v) is 9.39. The van der Waals surface area contributed by atoms with Crippen molar-refractivity contribution in [1.82, 2.24) is 9.66 Å². The fraction of sp³-hybridized carbons (Fsp3) is 0.125. The van der Waals surface area contributed by atoms with Crippen LogP contribution in [0.3, 0.4) is 0 Å². The van der Waals surface area contributed by atoms with E-state index in [1.165, 1.54) is 11.0 Å². The molecule has 3 rings (SSSR count). The van der Waals surface area contributed by atoms with Gasteiger partial charge in [0.1, 0.15) is 6.33 Å². The molecule has 0 aliphatic carbocycles. The largest absolute Gasteiger partial charge is 0.289 e. The number of hydrogen-bond donors (Lipinski definition) is 1. The molecule has 7 heteroatoms. The quantitative estimate of drug-likeness (QED) is 0.458. The lowest BCUT2D eigenvalue weighted by molar-refractivity contribution is 0.874. The number of rotatable bonds is 4. The number of thioether (sulfide) groups is 1. The monoisotopic (exact) mass is 457 g/mol. The smallest absolute Gasteiger partial charge is 0.280 e. The van der Waals surface area contributed by atoms with Crippen molar-refractivity contribution in [3.05, 3.63) is 61.7 Å². The second-order valence-electron chi connectivity index (χ2n) is 4.77. The van der Waals surface area contributed by atoms with Gasteiger partial charge in [0.2, 0.25) is 0 Å². The Bertz CT molecular complexity index is 929. The van der Waals surface area contributed by atoms with Gasteiger partial charge in [-0.3, -0.25) is 10.2 Å². The Morgan fingerprint density at radius 3 is 2.91 bits per heavy atom. The van der Waals surface area contributed by atoms with E-state index in [1.54, 1.807) is 11.8 Å². The summed E-state index contributed by atoms with van der Waals surface area (Å²) in [5.74, 6) is 0.930.